The maximum atomic E-state index is 12.9. The van der Waals surface area contributed by atoms with Gasteiger partial charge in [0, 0.05) is 65.8 Å². The second-order valence-electron chi connectivity index (χ2n) is 10.1. The number of aromatic nitrogens is 1. The Morgan fingerprint density at radius 3 is 2.72 bits per heavy atom. The Bertz CT molecular complexity index is 1500. The number of nitrogens with zero attached hydrogens (tertiary/aromatic N) is 2. The summed E-state index contributed by atoms with van der Waals surface area (Å²) >= 11 is 0. The van der Waals surface area contributed by atoms with Crippen LogP contribution in [-0.4, -0.2) is 60.2 Å². The molecule has 0 bridgehead atoms. The molecule has 6 rings (SSSR count). The van der Waals surface area contributed by atoms with Gasteiger partial charge in [-0.1, -0.05) is 30.3 Å². The third kappa shape index (κ3) is 5.92. The molecule has 0 aliphatic carbocycles. The summed E-state index contributed by atoms with van der Waals surface area (Å²) in [5, 5.41) is 9.00. The summed E-state index contributed by atoms with van der Waals surface area (Å²) in [6.07, 6.45) is 4.57. The molecule has 1 aromatic heterocycles. The number of carbonyl (C=O) groups excluding carboxylic acids is 2. The minimum atomic E-state index is -0.448. The van der Waals surface area contributed by atoms with Crippen LogP contribution in [0.1, 0.15) is 32.7 Å². The number of hydrogen-bond acceptors (Lipinski definition) is 7. The van der Waals surface area contributed by atoms with Gasteiger partial charge >= 0.3 is 5.97 Å². The van der Waals surface area contributed by atoms with Crippen molar-refractivity contribution in [3.8, 4) is 0 Å². The third-order valence-electron chi connectivity index (χ3n) is 7.15. The third-order valence-corrected chi connectivity index (χ3v) is 7.15. The molecule has 4 aromatic rings. The van der Waals surface area contributed by atoms with Crippen LogP contribution in [-0.2, 0) is 16.0 Å². The maximum Gasteiger partial charge on any atom is 0.338 e. The zero-order chi connectivity index (χ0) is 26.6. The molecule has 1 amide bonds. The maximum absolute atomic E-state index is 12.9. The zero-order valence-electron chi connectivity index (χ0n) is 21.5. The van der Waals surface area contributed by atoms with E-state index in [1.165, 1.54) is 5.39 Å². The lowest BCUT2D eigenvalue weighted by Gasteiger charge is -2.25. The number of benzene rings is 3. The van der Waals surface area contributed by atoms with E-state index in [9.17, 15) is 9.59 Å². The Hall–Kier alpha value is -4.27. The lowest BCUT2D eigenvalue weighted by molar-refractivity contribution is -0.103. The normalized spacial score (nSPS) is 17.5. The van der Waals surface area contributed by atoms with Crippen LogP contribution in [0.25, 0.3) is 10.8 Å². The number of pyridine rings is 1. The van der Waals surface area contributed by atoms with E-state index in [1.54, 1.807) is 24.3 Å². The zero-order valence-corrected chi connectivity index (χ0v) is 21.5. The first-order valence-electron chi connectivity index (χ1n) is 13.2. The monoisotopic (exact) mass is 522 g/mol. The smallest absolute Gasteiger partial charge is 0.338 e. The summed E-state index contributed by atoms with van der Waals surface area (Å²) in [6, 6.07) is 23.2. The summed E-state index contributed by atoms with van der Waals surface area (Å²) in [5.41, 5.74) is 3.74. The number of amides is 1. The summed E-state index contributed by atoms with van der Waals surface area (Å²) in [5.74, 6) is -0.722. The van der Waals surface area contributed by atoms with Crippen LogP contribution in [0.5, 0.6) is 0 Å². The number of esters is 1. The van der Waals surface area contributed by atoms with E-state index < -0.39 is 5.97 Å². The van der Waals surface area contributed by atoms with Crippen molar-refractivity contribution in [3.63, 3.8) is 0 Å². The number of hydrogen-bond donors (Lipinski definition) is 2. The van der Waals surface area contributed by atoms with E-state index in [0.29, 0.717) is 30.4 Å². The SMILES string of the molecule is O=C(Nc1cccc(CN2CCC(Nc3cccc4cnccc34)C2)c1)c1cccc(C(=O)OC2COC2)c1. The van der Waals surface area contributed by atoms with Crippen molar-refractivity contribution in [2.75, 3.05) is 36.9 Å². The van der Waals surface area contributed by atoms with Crippen LogP contribution < -0.4 is 10.6 Å². The van der Waals surface area contributed by atoms with E-state index in [-0.39, 0.29) is 12.0 Å². The molecule has 2 aliphatic heterocycles. The average molecular weight is 523 g/mol. The number of fused-ring (bicyclic) bond motifs is 1. The van der Waals surface area contributed by atoms with Crippen LogP contribution in [0.15, 0.2) is 85.2 Å². The fraction of sp³-hybridized carbons (Fsp3) is 0.258. The fourth-order valence-corrected chi connectivity index (χ4v) is 5.06. The fourth-order valence-electron chi connectivity index (χ4n) is 5.06. The molecule has 2 aliphatic rings. The van der Waals surface area contributed by atoms with Crippen molar-refractivity contribution in [3.05, 3.63) is 102 Å². The van der Waals surface area contributed by atoms with Gasteiger partial charge in [-0.2, -0.15) is 0 Å². The molecule has 198 valence electrons. The lowest BCUT2D eigenvalue weighted by Crippen LogP contribution is -2.37. The summed E-state index contributed by atoms with van der Waals surface area (Å²) in [7, 11) is 0. The van der Waals surface area contributed by atoms with Gasteiger partial charge in [0.1, 0.15) is 6.10 Å². The molecule has 2 fully saturated rings. The summed E-state index contributed by atoms with van der Waals surface area (Å²) in [4.78, 5) is 31.9. The first-order chi connectivity index (χ1) is 19.1. The molecule has 2 N–H and O–H groups in total. The van der Waals surface area contributed by atoms with Crippen molar-refractivity contribution < 1.29 is 19.1 Å². The quantitative estimate of drug-likeness (QED) is 0.323. The lowest BCUT2D eigenvalue weighted by atomic mass is 10.1. The standard InChI is InChI=1S/C31H30N4O4/c36-30(22-5-2-6-23(15-22)31(37)39-27-19-38-20-27)34-25-8-1-4-21(14-25)17-35-13-11-26(18-35)33-29-9-3-7-24-16-32-12-10-28(24)29/h1-10,12,14-16,26-27,33H,11,13,17-20H2,(H,34,36). The molecule has 8 nitrogen and oxygen atoms in total. The van der Waals surface area contributed by atoms with Crippen molar-refractivity contribution in [1.29, 1.82) is 0 Å². The van der Waals surface area contributed by atoms with Gasteiger partial charge in [-0.15, -0.1) is 0 Å². The number of ether oxygens (including phenoxy) is 2. The van der Waals surface area contributed by atoms with Gasteiger partial charge in [-0.3, -0.25) is 14.7 Å². The molecule has 3 heterocycles. The minimum absolute atomic E-state index is 0.213. The summed E-state index contributed by atoms with van der Waals surface area (Å²) in [6.45, 7) is 3.57. The van der Waals surface area contributed by atoms with Crippen LogP contribution in [0.3, 0.4) is 0 Å². The average Bonchev–Trinajstić information content (AvgIpc) is 3.37. The van der Waals surface area contributed by atoms with Crippen LogP contribution in [0, 0.1) is 0 Å². The van der Waals surface area contributed by atoms with Crippen LogP contribution in [0.4, 0.5) is 11.4 Å². The molecule has 8 heteroatoms. The van der Waals surface area contributed by atoms with E-state index in [0.717, 1.165) is 48.4 Å². The Morgan fingerprint density at radius 1 is 1.00 bits per heavy atom. The molecular weight excluding hydrogens is 492 g/mol. The Labute approximate surface area is 226 Å². The van der Waals surface area contributed by atoms with Crippen LogP contribution in [0.2, 0.25) is 0 Å². The Balaban J connectivity index is 1.05. The number of likely N-dealkylation sites (tertiary alicyclic amines) is 1. The van der Waals surface area contributed by atoms with Gasteiger partial charge < -0.3 is 20.1 Å². The van der Waals surface area contributed by atoms with Gasteiger partial charge in [0.25, 0.3) is 5.91 Å². The Kier molecular flexibility index (Phi) is 7.21. The van der Waals surface area contributed by atoms with Crippen molar-refractivity contribution in [1.82, 2.24) is 9.88 Å². The predicted molar refractivity (Wildman–Crippen MR) is 150 cm³/mol. The van der Waals surface area contributed by atoms with Crippen molar-refractivity contribution in [2.24, 2.45) is 0 Å². The molecule has 0 saturated carbocycles. The second-order valence-corrected chi connectivity index (χ2v) is 10.1. The first kappa shape index (κ1) is 25.0. The number of rotatable bonds is 8. The highest BCUT2D eigenvalue weighted by Crippen LogP contribution is 2.25. The van der Waals surface area contributed by atoms with E-state index in [2.05, 4.69) is 50.8 Å². The largest absolute Gasteiger partial charge is 0.454 e. The second kappa shape index (κ2) is 11.2. The molecule has 0 radical (unpaired) electrons. The number of carbonyl (C=O) groups is 2. The minimum Gasteiger partial charge on any atom is -0.454 e. The van der Waals surface area contributed by atoms with Gasteiger partial charge in [0.05, 0.1) is 18.8 Å². The number of nitrogens with one attached hydrogen (secondary N) is 2. The van der Waals surface area contributed by atoms with E-state index in [1.807, 2.05) is 30.6 Å². The Morgan fingerprint density at radius 2 is 1.85 bits per heavy atom. The van der Waals surface area contributed by atoms with Crippen molar-refractivity contribution >= 4 is 34.0 Å². The molecule has 3 aromatic carbocycles. The van der Waals surface area contributed by atoms with E-state index in [4.69, 9.17) is 9.47 Å². The molecule has 1 atom stereocenters. The molecule has 1 unspecified atom stereocenters. The summed E-state index contributed by atoms with van der Waals surface area (Å²) < 4.78 is 10.4. The van der Waals surface area contributed by atoms with Gasteiger partial charge in [-0.25, -0.2) is 4.79 Å². The topological polar surface area (TPSA) is 92.8 Å². The van der Waals surface area contributed by atoms with Gasteiger partial charge in [0.2, 0.25) is 0 Å². The highest BCUT2D eigenvalue weighted by atomic mass is 16.6. The predicted octanol–water partition coefficient (Wildman–Crippen LogP) is 4.73. The van der Waals surface area contributed by atoms with Gasteiger partial charge in [0.15, 0.2) is 0 Å². The van der Waals surface area contributed by atoms with Crippen LogP contribution >= 0.6 is 0 Å². The highest BCUT2D eigenvalue weighted by molar-refractivity contribution is 6.05. The molecule has 2 saturated heterocycles. The van der Waals surface area contributed by atoms with Crippen molar-refractivity contribution in [2.45, 2.75) is 25.1 Å². The highest BCUT2D eigenvalue weighted by Gasteiger charge is 2.24. The molecule has 39 heavy (non-hydrogen) atoms. The van der Waals surface area contributed by atoms with Gasteiger partial charge in [-0.05, 0) is 54.4 Å². The first-order valence-corrected chi connectivity index (χ1v) is 13.2. The number of anilines is 2. The van der Waals surface area contributed by atoms with E-state index >= 15 is 0 Å². The molecular formula is C31H30N4O4. The molecule has 0 spiro atoms.